The maximum absolute atomic E-state index is 12.6. The van der Waals surface area contributed by atoms with Crippen LogP contribution in [0.5, 0.6) is 0 Å². The van der Waals surface area contributed by atoms with Crippen LogP contribution in [-0.2, 0) is 22.0 Å². The second-order valence-electron chi connectivity index (χ2n) is 6.88. The van der Waals surface area contributed by atoms with Crippen molar-refractivity contribution in [3.8, 4) is 0 Å². The molecule has 0 aromatic carbocycles. The summed E-state index contributed by atoms with van der Waals surface area (Å²) in [6, 6.07) is 3.50. The van der Waals surface area contributed by atoms with Gasteiger partial charge in [0.25, 0.3) is 10.0 Å². The molecule has 1 aliphatic heterocycles. The van der Waals surface area contributed by atoms with Crippen molar-refractivity contribution >= 4 is 33.8 Å². The molecule has 2 fully saturated rings. The minimum atomic E-state index is -3.36. The Bertz CT molecular complexity index is 852. The Morgan fingerprint density at radius 2 is 1.88 bits per heavy atom. The molecule has 7 nitrogen and oxygen atoms in total. The Morgan fingerprint density at radius 3 is 2.58 bits per heavy atom. The Balaban J connectivity index is 0.00000196. The molecule has 3 heterocycles. The van der Waals surface area contributed by atoms with Crippen molar-refractivity contribution in [2.45, 2.75) is 54.7 Å². The Kier molecular flexibility index (Phi) is 5.74. The molecule has 144 valence electrons. The van der Waals surface area contributed by atoms with E-state index in [0.29, 0.717) is 35.4 Å². The molecule has 1 saturated heterocycles. The van der Waals surface area contributed by atoms with Crippen LogP contribution in [0.25, 0.3) is 0 Å². The van der Waals surface area contributed by atoms with E-state index in [-0.39, 0.29) is 12.4 Å². The van der Waals surface area contributed by atoms with Gasteiger partial charge in [0.05, 0.1) is 12.0 Å². The average Bonchev–Trinajstić information content (AvgIpc) is 3.36. The summed E-state index contributed by atoms with van der Waals surface area (Å²) in [6.45, 7) is 1.22. The summed E-state index contributed by atoms with van der Waals surface area (Å²) < 4.78 is 32.5. The van der Waals surface area contributed by atoms with Crippen LogP contribution in [0.1, 0.15) is 55.1 Å². The van der Waals surface area contributed by atoms with Crippen LogP contribution in [0.15, 0.2) is 20.9 Å². The molecule has 26 heavy (non-hydrogen) atoms. The van der Waals surface area contributed by atoms with Gasteiger partial charge >= 0.3 is 0 Å². The van der Waals surface area contributed by atoms with E-state index in [1.807, 2.05) is 6.07 Å². The van der Waals surface area contributed by atoms with Gasteiger partial charge in [0.15, 0.2) is 5.82 Å². The minimum Gasteiger partial charge on any atom is -0.339 e. The molecule has 10 heteroatoms. The second-order valence-corrected chi connectivity index (χ2v) is 10.2. The first kappa shape index (κ1) is 19.8. The van der Waals surface area contributed by atoms with E-state index in [0.717, 1.165) is 43.4 Å². The van der Waals surface area contributed by atoms with Gasteiger partial charge in [-0.25, -0.2) is 8.42 Å². The van der Waals surface area contributed by atoms with E-state index in [9.17, 15) is 8.42 Å². The van der Waals surface area contributed by atoms with Crippen molar-refractivity contribution in [3.63, 3.8) is 0 Å². The van der Waals surface area contributed by atoms with Gasteiger partial charge in [0, 0.05) is 18.0 Å². The Labute approximate surface area is 163 Å². The number of nitrogens with zero attached hydrogens (tertiary/aromatic N) is 3. The Hall–Kier alpha value is -1.00. The zero-order chi connectivity index (χ0) is 17.5. The van der Waals surface area contributed by atoms with Gasteiger partial charge in [0.1, 0.15) is 4.21 Å². The molecule has 2 aromatic rings. The summed E-state index contributed by atoms with van der Waals surface area (Å²) in [7, 11) is -3.36. The Morgan fingerprint density at radius 1 is 1.19 bits per heavy atom. The molecule has 0 atom stereocenters. The molecular formula is C16H23ClN4O3S2. The third kappa shape index (κ3) is 3.68. The van der Waals surface area contributed by atoms with E-state index in [2.05, 4.69) is 10.1 Å². The zero-order valence-electron chi connectivity index (χ0n) is 14.4. The molecule has 2 N–H and O–H groups in total. The standard InChI is InChI=1S/C16H22N4O3S2.ClH/c17-16(7-1-2-8-16)15-18-13(23-19-15)11-12-5-6-14(24-12)25(21,22)20-9-3-4-10-20;/h5-6H,1-4,7-11,17H2;1H. The van der Waals surface area contributed by atoms with Crippen LogP contribution in [0.4, 0.5) is 0 Å². The number of hydrogen-bond acceptors (Lipinski definition) is 7. The lowest BCUT2D eigenvalue weighted by Gasteiger charge is -2.17. The first-order valence-corrected chi connectivity index (χ1v) is 10.9. The summed E-state index contributed by atoms with van der Waals surface area (Å²) in [5.74, 6) is 1.06. The summed E-state index contributed by atoms with van der Waals surface area (Å²) in [5.41, 5.74) is 5.88. The van der Waals surface area contributed by atoms with Crippen molar-refractivity contribution < 1.29 is 12.9 Å². The predicted molar refractivity (Wildman–Crippen MR) is 101 cm³/mol. The summed E-state index contributed by atoms with van der Waals surface area (Å²) in [6.07, 6.45) is 6.23. The van der Waals surface area contributed by atoms with Crippen molar-refractivity contribution in [3.05, 3.63) is 28.7 Å². The number of sulfonamides is 1. The van der Waals surface area contributed by atoms with Gasteiger partial charge in [-0.2, -0.15) is 9.29 Å². The second kappa shape index (κ2) is 7.55. The molecule has 1 aliphatic carbocycles. The quantitative estimate of drug-likeness (QED) is 0.800. The van der Waals surface area contributed by atoms with E-state index in [1.165, 1.54) is 11.3 Å². The maximum atomic E-state index is 12.6. The molecule has 0 radical (unpaired) electrons. The molecular weight excluding hydrogens is 396 g/mol. The summed E-state index contributed by atoms with van der Waals surface area (Å²) >= 11 is 1.27. The van der Waals surface area contributed by atoms with Gasteiger partial charge < -0.3 is 10.3 Å². The van der Waals surface area contributed by atoms with E-state index in [4.69, 9.17) is 10.3 Å². The van der Waals surface area contributed by atoms with Crippen LogP contribution >= 0.6 is 23.7 Å². The van der Waals surface area contributed by atoms with E-state index >= 15 is 0 Å². The first-order chi connectivity index (χ1) is 12.0. The third-order valence-electron chi connectivity index (χ3n) is 5.03. The van der Waals surface area contributed by atoms with Crippen LogP contribution < -0.4 is 5.73 Å². The average molecular weight is 419 g/mol. The molecule has 0 amide bonds. The topological polar surface area (TPSA) is 102 Å². The van der Waals surface area contributed by atoms with Gasteiger partial charge in [-0.15, -0.1) is 23.7 Å². The van der Waals surface area contributed by atoms with Gasteiger partial charge in [0.2, 0.25) is 5.89 Å². The highest BCUT2D eigenvalue weighted by atomic mass is 35.5. The highest BCUT2D eigenvalue weighted by Crippen LogP contribution is 2.35. The zero-order valence-corrected chi connectivity index (χ0v) is 16.8. The molecule has 0 unspecified atom stereocenters. The maximum Gasteiger partial charge on any atom is 0.252 e. The number of nitrogens with two attached hydrogens (primary N) is 1. The number of rotatable bonds is 5. The van der Waals surface area contributed by atoms with Crippen LogP contribution in [0, 0.1) is 0 Å². The molecule has 4 rings (SSSR count). The molecule has 2 aromatic heterocycles. The lowest BCUT2D eigenvalue weighted by molar-refractivity contribution is 0.352. The SMILES string of the molecule is Cl.NC1(c2noc(Cc3ccc(S(=O)(=O)N4CCCC4)s3)n2)CCCC1. The van der Waals surface area contributed by atoms with Gasteiger partial charge in [-0.3, -0.25) is 0 Å². The highest BCUT2D eigenvalue weighted by Gasteiger charge is 2.36. The third-order valence-corrected chi connectivity index (χ3v) is 8.48. The predicted octanol–water partition coefficient (Wildman–Crippen LogP) is 2.66. The lowest BCUT2D eigenvalue weighted by atomic mass is 9.99. The number of thiophene rings is 1. The number of hydrogen-bond donors (Lipinski definition) is 1. The molecule has 0 bridgehead atoms. The first-order valence-electron chi connectivity index (χ1n) is 8.68. The fourth-order valence-electron chi connectivity index (χ4n) is 3.56. The lowest BCUT2D eigenvalue weighted by Crippen LogP contribution is -2.34. The highest BCUT2D eigenvalue weighted by molar-refractivity contribution is 7.91. The van der Waals surface area contributed by atoms with Crippen molar-refractivity contribution in [1.82, 2.24) is 14.4 Å². The van der Waals surface area contributed by atoms with Crippen molar-refractivity contribution in [1.29, 1.82) is 0 Å². The van der Waals surface area contributed by atoms with Gasteiger partial charge in [-0.1, -0.05) is 18.0 Å². The van der Waals surface area contributed by atoms with Crippen molar-refractivity contribution in [2.24, 2.45) is 5.73 Å². The smallest absolute Gasteiger partial charge is 0.252 e. The normalized spacial score (nSPS) is 20.3. The molecule has 0 spiro atoms. The fraction of sp³-hybridized carbons (Fsp3) is 0.625. The number of aromatic nitrogens is 2. The van der Waals surface area contributed by atoms with Crippen molar-refractivity contribution in [2.75, 3.05) is 13.1 Å². The minimum absolute atomic E-state index is 0. The molecule has 2 aliphatic rings. The van der Waals surface area contributed by atoms with Crippen LogP contribution in [0.3, 0.4) is 0 Å². The largest absolute Gasteiger partial charge is 0.339 e. The summed E-state index contributed by atoms with van der Waals surface area (Å²) in [5, 5.41) is 4.05. The number of halogens is 1. The monoisotopic (exact) mass is 418 g/mol. The van der Waals surface area contributed by atoms with E-state index < -0.39 is 15.6 Å². The van der Waals surface area contributed by atoms with Crippen LogP contribution in [0.2, 0.25) is 0 Å². The van der Waals surface area contributed by atoms with Gasteiger partial charge in [-0.05, 0) is 37.8 Å². The van der Waals surface area contributed by atoms with Crippen LogP contribution in [-0.4, -0.2) is 36.0 Å². The fourth-order valence-corrected chi connectivity index (χ4v) is 6.57. The summed E-state index contributed by atoms with van der Waals surface area (Å²) in [4.78, 5) is 5.35. The van der Waals surface area contributed by atoms with E-state index in [1.54, 1.807) is 10.4 Å². The molecule has 1 saturated carbocycles.